The molecule has 0 unspecified atom stereocenters. The lowest BCUT2D eigenvalue weighted by Gasteiger charge is -2.08. The summed E-state index contributed by atoms with van der Waals surface area (Å²) >= 11 is 0. The van der Waals surface area contributed by atoms with E-state index in [9.17, 15) is 4.39 Å². The smallest absolute Gasteiger partial charge is 0.165 e. The van der Waals surface area contributed by atoms with E-state index in [1.54, 1.807) is 13.2 Å². The number of benzene rings is 2. The fraction of sp³-hybridized carbons (Fsp3) is 0.250. The van der Waals surface area contributed by atoms with E-state index in [0.29, 0.717) is 6.54 Å². The maximum Gasteiger partial charge on any atom is 0.165 e. The van der Waals surface area contributed by atoms with Gasteiger partial charge in [-0.15, -0.1) is 0 Å². The molecule has 4 heteroatoms. The van der Waals surface area contributed by atoms with Gasteiger partial charge in [-0.25, -0.2) is 4.39 Å². The van der Waals surface area contributed by atoms with Crippen molar-refractivity contribution < 1.29 is 13.9 Å². The van der Waals surface area contributed by atoms with Crippen molar-refractivity contribution in [3.05, 3.63) is 59.4 Å². The minimum Gasteiger partial charge on any atom is -0.497 e. The summed E-state index contributed by atoms with van der Waals surface area (Å²) in [6.07, 6.45) is 0. The molecule has 0 heterocycles. The third kappa shape index (κ3) is 3.71. The summed E-state index contributed by atoms with van der Waals surface area (Å²) in [4.78, 5) is 0. The van der Waals surface area contributed by atoms with Crippen LogP contribution in [0.1, 0.15) is 11.1 Å². The molecule has 0 amide bonds. The first-order valence-corrected chi connectivity index (χ1v) is 6.39. The fourth-order valence-electron chi connectivity index (χ4n) is 1.91. The Morgan fingerprint density at radius 3 is 2.15 bits per heavy atom. The first-order chi connectivity index (χ1) is 9.72. The first-order valence-electron chi connectivity index (χ1n) is 6.39. The second-order valence-corrected chi connectivity index (χ2v) is 4.42. The summed E-state index contributed by atoms with van der Waals surface area (Å²) < 4.78 is 23.5. The Kier molecular flexibility index (Phi) is 4.96. The lowest BCUT2D eigenvalue weighted by Crippen LogP contribution is -2.12. The van der Waals surface area contributed by atoms with Crippen molar-refractivity contribution >= 4 is 0 Å². The van der Waals surface area contributed by atoms with Gasteiger partial charge in [0.2, 0.25) is 0 Å². The van der Waals surface area contributed by atoms with Gasteiger partial charge in [-0.3, -0.25) is 0 Å². The monoisotopic (exact) mass is 275 g/mol. The number of methoxy groups -OCH3 is 2. The number of rotatable bonds is 6. The Balaban J connectivity index is 1.87. The van der Waals surface area contributed by atoms with Crippen LogP contribution in [0.25, 0.3) is 0 Å². The predicted molar refractivity (Wildman–Crippen MR) is 76.5 cm³/mol. The molecule has 0 saturated carbocycles. The number of hydrogen-bond donors (Lipinski definition) is 1. The molecule has 2 rings (SSSR count). The normalized spacial score (nSPS) is 10.3. The summed E-state index contributed by atoms with van der Waals surface area (Å²) in [5.41, 5.74) is 2.04. The van der Waals surface area contributed by atoms with Crippen LogP contribution in [0.4, 0.5) is 4.39 Å². The number of hydrogen-bond acceptors (Lipinski definition) is 3. The number of nitrogens with one attached hydrogen (secondary N) is 1. The molecule has 106 valence electrons. The summed E-state index contributed by atoms with van der Waals surface area (Å²) in [5.74, 6) is 0.770. The molecule has 0 spiro atoms. The topological polar surface area (TPSA) is 30.5 Å². The highest BCUT2D eigenvalue weighted by Gasteiger charge is 2.03. The largest absolute Gasteiger partial charge is 0.497 e. The zero-order valence-electron chi connectivity index (χ0n) is 11.7. The summed E-state index contributed by atoms with van der Waals surface area (Å²) in [5, 5.41) is 3.27. The van der Waals surface area contributed by atoms with Gasteiger partial charge in [0.25, 0.3) is 0 Å². The Hall–Kier alpha value is -2.07. The minimum atomic E-state index is -0.337. The van der Waals surface area contributed by atoms with Crippen LogP contribution in [0.2, 0.25) is 0 Å². The van der Waals surface area contributed by atoms with Crippen LogP contribution in [0.3, 0.4) is 0 Å². The molecule has 0 atom stereocenters. The molecule has 3 nitrogen and oxygen atoms in total. The van der Waals surface area contributed by atoms with Crippen LogP contribution in [-0.4, -0.2) is 14.2 Å². The van der Waals surface area contributed by atoms with Crippen molar-refractivity contribution in [3.63, 3.8) is 0 Å². The molecule has 0 aliphatic heterocycles. The standard InChI is InChI=1S/C16H18FNO2/c1-19-14-6-3-12(4-7-14)10-18-11-13-5-8-16(20-2)15(17)9-13/h3-9,18H,10-11H2,1-2H3. The summed E-state index contributed by atoms with van der Waals surface area (Å²) in [6, 6.07) is 12.8. The van der Waals surface area contributed by atoms with Gasteiger partial charge in [-0.1, -0.05) is 18.2 Å². The van der Waals surface area contributed by atoms with Crippen molar-refractivity contribution in [2.45, 2.75) is 13.1 Å². The second kappa shape index (κ2) is 6.91. The van der Waals surface area contributed by atoms with Crippen molar-refractivity contribution in [2.75, 3.05) is 14.2 Å². The average Bonchev–Trinajstić information content (AvgIpc) is 2.48. The molecule has 0 saturated heterocycles. The van der Waals surface area contributed by atoms with E-state index in [4.69, 9.17) is 9.47 Å². The van der Waals surface area contributed by atoms with Gasteiger partial charge in [-0.2, -0.15) is 0 Å². The predicted octanol–water partition coefficient (Wildman–Crippen LogP) is 3.13. The van der Waals surface area contributed by atoms with Crippen molar-refractivity contribution in [2.24, 2.45) is 0 Å². The zero-order valence-corrected chi connectivity index (χ0v) is 11.7. The molecule has 0 fully saturated rings. The van der Waals surface area contributed by atoms with E-state index in [0.717, 1.165) is 23.4 Å². The molecule has 20 heavy (non-hydrogen) atoms. The molecule has 2 aromatic rings. The molecule has 0 aromatic heterocycles. The van der Waals surface area contributed by atoms with Crippen molar-refractivity contribution in [1.29, 1.82) is 0 Å². The van der Waals surface area contributed by atoms with Gasteiger partial charge in [0, 0.05) is 13.1 Å². The molecule has 2 aromatic carbocycles. The Bertz CT molecular complexity index is 555. The molecule has 0 radical (unpaired) electrons. The van der Waals surface area contributed by atoms with Gasteiger partial charge in [0.1, 0.15) is 5.75 Å². The van der Waals surface area contributed by atoms with Gasteiger partial charge in [0.15, 0.2) is 11.6 Å². The highest BCUT2D eigenvalue weighted by atomic mass is 19.1. The Morgan fingerprint density at radius 1 is 0.900 bits per heavy atom. The maximum atomic E-state index is 13.5. The van der Waals surface area contributed by atoms with E-state index < -0.39 is 0 Å². The quantitative estimate of drug-likeness (QED) is 0.878. The zero-order chi connectivity index (χ0) is 14.4. The average molecular weight is 275 g/mol. The van der Waals surface area contributed by atoms with Crippen molar-refractivity contribution in [3.8, 4) is 11.5 Å². The van der Waals surface area contributed by atoms with Crippen LogP contribution in [0.5, 0.6) is 11.5 Å². The van der Waals surface area contributed by atoms with Gasteiger partial charge in [-0.05, 0) is 35.4 Å². The number of ether oxygens (including phenoxy) is 2. The Morgan fingerprint density at radius 2 is 1.55 bits per heavy atom. The third-order valence-electron chi connectivity index (χ3n) is 3.03. The summed E-state index contributed by atoms with van der Waals surface area (Å²) in [7, 11) is 3.10. The van der Waals surface area contributed by atoms with Gasteiger partial charge >= 0.3 is 0 Å². The van der Waals surface area contributed by atoms with Crippen LogP contribution >= 0.6 is 0 Å². The second-order valence-electron chi connectivity index (χ2n) is 4.42. The molecule has 0 bridgehead atoms. The fourth-order valence-corrected chi connectivity index (χ4v) is 1.91. The van der Waals surface area contributed by atoms with Crippen LogP contribution in [-0.2, 0) is 13.1 Å². The van der Waals surface area contributed by atoms with E-state index in [1.807, 2.05) is 30.3 Å². The minimum absolute atomic E-state index is 0.268. The lowest BCUT2D eigenvalue weighted by molar-refractivity contribution is 0.386. The molecular weight excluding hydrogens is 257 g/mol. The first kappa shape index (κ1) is 14.3. The van der Waals surface area contributed by atoms with Gasteiger partial charge in [0.05, 0.1) is 14.2 Å². The molecular formula is C16H18FNO2. The lowest BCUT2D eigenvalue weighted by atomic mass is 10.2. The number of halogens is 1. The Labute approximate surface area is 118 Å². The van der Waals surface area contributed by atoms with Crippen molar-refractivity contribution in [1.82, 2.24) is 5.32 Å². The maximum absolute atomic E-state index is 13.5. The van der Waals surface area contributed by atoms with Crippen LogP contribution in [0.15, 0.2) is 42.5 Å². The van der Waals surface area contributed by atoms with E-state index in [2.05, 4.69) is 5.32 Å². The third-order valence-corrected chi connectivity index (χ3v) is 3.03. The SMILES string of the molecule is COc1ccc(CNCc2ccc(OC)c(F)c2)cc1. The molecule has 0 aliphatic rings. The van der Waals surface area contributed by atoms with E-state index in [1.165, 1.54) is 13.2 Å². The van der Waals surface area contributed by atoms with Crippen LogP contribution < -0.4 is 14.8 Å². The highest BCUT2D eigenvalue weighted by molar-refractivity contribution is 5.29. The molecule has 0 aliphatic carbocycles. The summed E-state index contributed by atoms with van der Waals surface area (Å²) in [6.45, 7) is 1.32. The van der Waals surface area contributed by atoms with E-state index in [-0.39, 0.29) is 11.6 Å². The van der Waals surface area contributed by atoms with Crippen LogP contribution in [0, 0.1) is 5.82 Å². The van der Waals surface area contributed by atoms with E-state index >= 15 is 0 Å². The molecule has 1 N–H and O–H groups in total. The highest BCUT2D eigenvalue weighted by Crippen LogP contribution is 2.17. The van der Waals surface area contributed by atoms with Gasteiger partial charge < -0.3 is 14.8 Å².